The lowest BCUT2D eigenvalue weighted by Gasteiger charge is -2.19. The molecule has 0 fully saturated rings. The van der Waals surface area contributed by atoms with Gasteiger partial charge in [-0.3, -0.25) is 4.79 Å². The molecule has 0 saturated carbocycles. The molecule has 1 N–H and O–H groups in total. The number of carbonyl (C=O) groups is 1. The van der Waals surface area contributed by atoms with Crippen LogP contribution in [-0.2, 0) is 0 Å². The van der Waals surface area contributed by atoms with Crippen LogP contribution in [0.5, 0.6) is 17.2 Å². The quantitative estimate of drug-likeness (QED) is 0.939. The van der Waals surface area contributed by atoms with Crippen LogP contribution >= 0.6 is 0 Å². The number of anilines is 1. The molecule has 1 amide bonds. The van der Waals surface area contributed by atoms with E-state index in [0.29, 0.717) is 42.6 Å². The van der Waals surface area contributed by atoms with Crippen molar-refractivity contribution in [1.82, 2.24) is 0 Å². The number of ether oxygens (including phenoxy) is 3. The zero-order chi connectivity index (χ0) is 16.2. The van der Waals surface area contributed by atoms with Crippen molar-refractivity contribution >= 4 is 11.6 Å². The van der Waals surface area contributed by atoms with Crippen LogP contribution in [0.25, 0.3) is 0 Å². The monoisotopic (exact) mass is 313 g/mol. The number of rotatable bonds is 4. The summed E-state index contributed by atoms with van der Waals surface area (Å²) in [6, 6.07) is 10.8. The van der Waals surface area contributed by atoms with Crippen molar-refractivity contribution in [2.45, 2.75) is 13.8 Å². The summed E-state index contributed by atoms with van der Waals surface area (Å²) in [6.45, 7) is 5.52. The third-order valence-electron chi connectivity index (χ3n) is 3.54. The molecule has 3 rings (SSSR count). The van der Waals surface area contributed by atoms with E-state index in [9.17, 15) is 4.79 Å². The van der Waals surface area contributed by atoms with E-state index in [1.165, 1.54) is 0 Å². The fourth-order valence-electron chi connectivity index (χ4n) is 2.43. The fourth-order valence-corrected chi connectivity index (χ4v) is 2.43. The lowest BCUT2D eigenvalue weighted by molar-refractivity contribution is 0.102. The average molecular weight is 313 g/mol. The molecule has 5 nitrogen and oxygen atoms in total. The number of fused-ring (bicyclic) bond motifs is 1. The first-order valence-corrected chi connectivity index (χ1v) is 7.62. The van der Waals surface area contributed by atoms with E-state index in [2.05, 4.69) is 5.32 Å². The number of amides is 1. The summed E-state index contributed by atoms with van der Waals surface area (Å²) >= 11 is 0. The molecule has 0 spiro atoms. The Morgan fingerprint density at radius 1 is 1.13 bits per heavy atom. The highest BCUT2D eigenvalue weighted by atomic mass is 16.6. The van der Waals surface area contributed by atoms with Crippen LogP contribution < -0.4 is 19.5 Å². The molecular formula is C18H19NO4. The van der Waals surface area contributed by atoms with Crippen LogP contribution in [0.15, 0.2) is 36.4 Å². The van der Waals surface area contributed by atoms with E-state index in [1.807, 2.05) is 26.0 Å². The van der Waals surface area contributed by atoms with Gasteiger partial charge < -0.3 is 19.5 Å². The van der Waals surface area contributed by atoms with Gasteiger partial charge in [-0.2, -0.15) is 0 Å². The number of benzene rings is 2. The highest BCUT2D eigenvalue weighted by Crippen LogP contribution is 2.32. The smallest absolute Gasteiger partial charge is 0.255 e. The standard InChI is InChI=1S/C18H19NO4/c1-3-21-15-6-4-13(10-12(15)2)18(20)19-14-5-7-16-17(11-14)23-9-8-22-16/h4-7,10-11H,3,8-9H2,1-2H3,(H,19,20). The first-order chi connectivity index (χ1) is 11.2. The molecule has 5 heteroatoms. The summed E-state index contributed by atoms with van der Waals surface area (Å²) in [6.07, 6.45) is 0. The van der Waals surface area contributed by atoms with Crippen LogP contribution in [0.1, 0.15) is 22.8 Å². The minimum absolute atomic E-state index is 0.173. The molecule has 0 atom stereocenters. The molecule has 2 aromatic carbocycles. The number of aryl methyl sites for hydroxylation is 1. The Labute approximate surface area is 135 Å². The van der Waals surface area contributed by atoms with Crippen molar-refractivity contribution in [3.8, 4) is 17.2 Å². The fraction of sp³-hybridized carbons (Fsp3) is 0.278. The van der Waals surface area contributed by atoms with Crippen molar-refractivity contribution in [1.29, 1.82) is 0 Å². The molecule has 2 aromatic rings. The number of hydrogen-bond acceptors (Lipinski definition) is 4. The molecule has 0 aromatic heterocycles. The van der Waals surface area contributed by atoms with Gasteiger partial charge in [0, 0.05) is 17.3 Å². The summed E-state index contributed by atoms with van der Waals surface area (Å²) in [5.74, 6) is 1.97. The average Bonchev–Trinajstić information content (AvgIpc) is 2.56. The van der Waals surface area contributed by atoms with Gasteiger partial charge in [0.2, 0.25) is 0 Å². The van der Waals surface area contributed by atoms with Gasteiger partial charge in [-0.1, -0.05) is 0 Å². The van der Waals surface area contributed by atoms with E-state index in [0.717, 1.165) is 11.3 Å². The van der Waals surface area contributed by atoms with Gasteiger partial charge in [0.1, 0.15) is 19.0 Å². The molecule has 0 aliphatic carbocycles. The Kier molecular flexibility index (Phi) is 4.37. The minimum Gasteiger partial charge on any atom is -0.494 e. The van der Waals surface area contributed by atoms with Gasteiger partial charge in [-0.05, 0) is 49.7 Å². The van der Waals surface area contributed by atoms with Crippen LogP contribution in [0.2, 0.25) is 0 Å². The second-order valence-electron chi connectivity index (χ2n) is 5.23. The summed E-state index contributed by atoms with van der Waals surface area (Å²) in [7, 11) is 0. The molecular weight excluding hydrogens is 294 g/mol. The van der Waals surface area contributed by atoms with Crippen molar-refractivity contribution in [3.63, 3.8) is 0 Å². The van der Waals surface area contributed by atoms with E-state index >= 15 is 0 Å². The maximum Gasteiger partial charge on any atom is 0.255 e. The van der Waals surface area contributed by atoms with Gasteiger partial charge in [-0.15, -0.1) is 0 Å². The van der Waals surface area contributed by atoms with Gasteiger partial charge in [0.25, 0.3) is 5.91 Å². The summed E-state index contributed by atoms with van der Waals surface area (Å²) in [5, 5.41) is 2.87. The van der Waals surface area contributed by atoms with Crippen molar-refractivity contribution in [2.75, 3.05) is 25.1 Å². The maximum absolute atomic E-state index is 12.4. The van der Waals surface area contributed by atoms with Crippen molar-refractivity contribution in [3.05, 3.63) is 47.5 Å². The number of hydrogen-bond donors (Lipinski definition) is 1. The zero-order valence-electron chi connectivity index (χ0n) is 13.2. The van der Waals surface area contributed by atoms with Crippen LogP contribution in [0, 0.1) is 6.92 Å². The molecule has 120 valence electrons. The third kappa shape index (κ3) is 3.39. The predicted octanol–water partition coefficient (Wildman–Crippen LogP) is 3.42. The number of nitrogens with one attached hydrogen (secondary N) is 1. The highest BCUT2D eigenvalue weighted by molar-refractivity contribution is 6.04. The zero-order valence-corrected chi connectivity index (χ0v) is 13.2. The van der Waals surface area contributed by atoms with E-state index in [4.69, 9.17) is 14.2 Å². The molecule has 23 heavy (non-hydrogen) atoms. The molecule has 0 bridgehead atoms. The van der Waals surface area contributed by atoms with Gasteiger partial charge >= 0.3 is 0 Å². The Hall–Kier alpha value is -2.69. The first-order valence-electron chi connectivity index (χ1n) is 7.62. The molecule has 1 heterocycles. The minimum atomic E-state index is -0.173. The van der Waals surface area contributed by atoms with E-state index in [1.54, 1.807) is 24.3 Å². The predicted molar refractivity (Wildman–Crippen MR) is 87.7 cm³/mol. The van der Waals surface area contributed by atoms with Gasteiger partial charge in [-0.25, -0.2) is 0 Å². The Morgan fingerprint density at radius 3 is 2.65 bits per heavy atom. The second-order valence-corrected chi connectivity index (χ2v) is 5.23. The summed E-state index contributed by atoms with van der Waals surface area (Å²) in [5.41, 5.74) is 2.19. The first kappa shape index (κ1) is 15.2. The summed E-state index contributed by atoms with van der Waals surface area (Å²) < 4.78 is 16.5. The SMILES string of the molecule is CCOc1ccc(C(=O)Nc2ccc3c(c2)OCCO3)cc1C. The summed E-state index contributed by atoms with van der Waals surface area (Å²) in [4.78, 5) is 12.4. The van der Waals surface area contributed by atoms with Crippen molar-refractivity contribution in [2.24, 2.45) is 0 Å². The lowest BCUT2D eigenvalue weighted by Crippen LogP contribution is -2.16. The molecule has 0 radical (unpaired) electrons. The lowest BCUT2D eigenvalue weighted by atomic mass is 10.1. The van der Waals surface area contributed by atoms with Crippen LogP contribution in [0.3, 0.4) is 0 Å². The Morgan fingerprint density at radius 2 is 1.91 bits per heavy atom. The Bertz CT molecular complexity index is 727. The second kappa shape index (κ2) is 6.60. The molecule has 0 unspecified atom stereocenters. The van der Waals surface area contributed by atoms with Gasteiger partial charge in [0.15, 0.2) is 11.5 Å². The topological polar surface area (TPSA) is 56.8 Å². The molecule has 1 aliphatic rings. The maximum atomic E-state index is 12.4. The molecule has 1 aliphatic heterocycles. The number of carbonyl (C=O) groups excluding carboxylic acids is 1. The van der Waals surface area contributed by atoms with Crippen LogP contribution in [0.4, 0.5) is 5.69 Å². The highest BCUT2D eigenvalue weighted by Gasteiger charge is 2.14. The Balaban J connectivity index is 1.75. The normalized spacial score (nSPS) is 12.6. The van der Waals surface area contributed by atoms with Crippen LogP contribution in [-0.4, -0.2) is 25.7 Å². The molecule has 0 saturated heterocycles. The van der Waals surface area contributed by atoms with E-state index < -0.39 is 0 Å². The largest absolute Gasteiger partial charge is 0.494 e. The van der Waals surface area contributed by atoms with E-state index in [-0.39, 0.29) is 5.91 Å². The van der Waals surface area contributed by atoms with Gasteiger partial charge in [0.05, 0.1) is 6.61 Å². The van der Waals surface area contributed by atoms with Crippen molar-refractivity contribution < 1.29 is 19.0 Å². The third-order valence-corrected chi connectivity index (χ3v) is 3.54.